The third-order valence-corrected chi connectivity index (χ3v) is 4.98. The maximum absolute atomic E-state index is 12.2. The van der Waals surface area contributed by atoms with Gasteiger partial charge in [0.25, 0.3) is 0 Å². The zero-order chi connectivity index (χ0) is 14.7. The molecule has 0 unspecified atom stereocenters. The van der Waals surface area contributed by atoms with Gasteiger partial charge in [-0.25, -0.2) is 0 Å². The van der Waals surface area contributed by atoms with Crippen molar-refractivity contribution >= 4 is 29.9 Å². The highest BCUT2D eigenvalue weighted by Crippen LogP contribution is 2.46. The molecule has 5 heteroatoms. The van der Waals surface area contributed by atoms with Gasteiger partial charge in [0.2, 0.25) is 5.91 Å². The summed E-state index contributed by atoms with van der Waals surface area (Å²) in [5.41, 5.74) is 1.00. The minimum Gasteiger partial charge on any atom is -0.347 e. The van der Waals surface area contributed by atoms with Gasteiger partial charge in [-0.1, -0.05) is 23.7 Å². The summed E-state index contributed by atoms with van der Waals surface area (Å²) in [7, 11) is 0. The summed E-state index contributed by atoms with van der Waals surface area (Å²) in [4.78, 5) is 12.2. The second-order valence-electron chi connectivity index (χ2n) is 6.37. The fourth-order valence-corrected chi connectivity index (χ4v) is 3.42. The van der Waals surface area contributed by atoms with E-state index in [1.165, 1.54) is 12.8 Å². The highest BCUT2D eigenvalue weighted by molar-refractivity contribution is 6.30. The van der Waals surface area contributed by atoms with E-state index in [4.69, 9.17) is 11.6 Å². The van der Waals surface area contributed by atoms with Crippen molar-refractivity contribution in [3.05, 3.63) is 34.9 Å². The van der Waals surface area contributed by atoms with Crippen molar-refractivity contribution in [2.75, 3.05) is 13.1 Å². The highest BCUT2D eigenvalue weighted by Gasteiger charge is 2.45. The van der Waals surface area contributed by atoms with Crippen LogP contribution in [-0.4, -0.2) is 19.0 Å². The minimum absolute atomic E-state index is 0. The third-order valence-electron chi connectivity index (χ3n) is 4.74. The molecule has 1 saturated carbocycles. The highest BCUT2D eigenvalue weighted by atomic mass is 35.5. The molecular weight excluding hydrogens is 319 g/mol. The number of hydrogen-bond donors (Lipinski definition) is 2. The van der Waals surface area contributed by atoms with Crippen LogP contribution in [0.1, 0.15) is 44.1 Å². The Morgan fingerprint density at radius 3 is 2.68 bits per heavy atom. The normalized spacial score (nSPS) is 20.0. The largest absolute Gasteiger partial charge is 0.347 e. The number of amides is 1. The van der Waals surface area contributed by atoms with Crippen LogP contribution in [0, 0.1) is 5.92 Å². The summed E-state index contributed by atoms with van der Waals surface area (Å²) < 4.78 is 0. The first-order valence-electron chi connectivity index (χ1n) is 7.96. The number of carbonyl (C=O) groups excluding carboxylic acids is 1. The lowest BCUT2D eigenvalue weighted by Gasteiger charge is -2.23. The van der Waals surface area contributed by atoms with Gasteiger partial charge in [0.1, 0.15) is 0 Å². The molecule has 1 aromatic carbocycles. The molecule has 2 aliphatic rings. The smallest absolute Gasteiger partial charge is 0.220 e. The van der Waals surface area contributed by atoms with Crippen molar-refractivity contribution in [2.45, 2.75) is 44.1 Å². The Balaban J connectivity index is 0.00000176. The lowest BCUT2D eigenvalue weighted by Crippen LogP contribution is -2.35. The topological polar surface area (TPSA) is 41.1 Å². The standard InChI is InChI=1S/C17H23ClN2O.ClH/c18-15-3-1-2-14(12-15)17(8-9-17)20-16(21)5-4-13-6-10-19-11-7-13;/h1-3,12-13,19H,4-11H2,(H,20,21);1H. The SMILES string of the molecule is Cl.O=C(CCC1CCNCC1)NC1(c2cccc(Cl)c2)CC1. The average molecular weight is 343 g/mol. The number of rotatable bonds is 5. The predicted octanol–water partition coefficient (Wildman–Crippen LogP) is 3.65. The zero-order valence-electron chi connectivity index (χ0n) is 12.7. The lowest BCUT2D eigenvalue weighted by atomic mass is 9.93. The molecule has 3 rings (SSSR count). The van der Waals surface area contributed by atoms with E-state index in [0.29, 0.717) is 12.3 Å². The summed E-state index contributed by atoms with van der Waals surface area (Å²) in [6.07, 6.45) is 6.10. The average Bonchev–Trinajstić information content (AvgIpc) is 3.27. The molecule has 2 fully saturated rings. The molecule has 0 atom stereocenters. The molecular formula is C17H24Cl2N2O. The number of benzene rings is 1. The van der Waals surface area contributed by atoms with E-state index in [1.807, 2.05) is 18.2 Å². The Kier molecular flexibility index (Phi) is 6.13. The Morgan fingerprint density at radius 1 is 1.32 bits per heavy atom. The number of piperidine rings is 1. The Bertz CT molecular complexity index is 511. The summed E-state index contributed by atoms with van der Waals surface area (Å²) in [6.45, 7) is 2.19. The second-order valence-corrected chi connectivity index (χ2v) is 6.81. The van der Waals surface area contributed by atoms with Crippen LogP contribution in [0.3, 0.4) is 0 Å². The predicted molar refractivity (Wildman–Crippen MR) is 92.6 cm³/mol. The maximum atomic E-state index is 12.2. The van der Waals surface area contributed by atoms with Crippen LogP contribution in [-0.2, 0) is 10.3 Å². The monoisotopic (exact) mass is 342 g/mol. The molecule has 2 N–H and O–H groups in total. The van der Waals surface area contributed by atoms with Gasteiger partial charge in [-0.05, 0) is 68.8 Å². The minimum atomic E-state index is -0.143. The van der Waals surface area contributed by atoms with Gasteiger partial charge >= 0.3 is 0 Å². The Labute approximate surface area is 143 Å². The summed E-state index contributed by atoms with van der Waals surface area (Å²) in [6, 6.07) is 7.87. The maximum Gasteiger partial charge on any atom is 0.220 e. The molecule has 122 valence electrons. The molecule has 1 aliphatic heterocycles. The summed E-state index contributed by atoms with van der Waals surface area (Å²) in [5.74, 6) is 0.893. The van der Waals surface area contributed by atoms with Crippen LogP contribution in [0.2, 0.25) is 5.02 Å². The molecule has 1 amide bonds. The molecule has 0 radical (unpaired) electrons. The van der Waals surface area contributed by atoms with Crippen LogP contribution >= 0.6 is 24.0 Å². The first kappa shape index (κ1) is 17.6. The van der Waals surface area contributed by atoms with E-state index < -0.39 is 0 Å². The van der Waals surface area contributed by atoms with Crippen LogP contribution < -0.4 is 10.6 Å². The van der Waals surface area contributed by atoms with Gasteiger partial charge in [-0.15, -0.1) is 12.4 Å². The van der Waals surface area contributed by atoms with E-state index in [9.17, 15) is 4.79 Å². The van der Waals surface area contributed by atoms with Gasteiger partial charge in [0.15, 0.2) is 0 Å². The second kappa shape index (κ2) is 7.67. The first-order valence-corrected chi connectivity index (χ1v) is 8.33. The van der Waals surface area contributed by atoms with E-state index in [1.54, 1.807) is 0 Å². The van der Waals surface area contributed by atoms with Crippen molar-refractivity contribution in [1.29, 1.82) is 0 Å². The van der Waals surface area contributed by atoms with E-state index in [0.717, 1.165) is 42.9 Å². The van der Waals surface area contributed by atoms with Crippen LogP contribution in [0.5, 0.6) is 0 Å². The number of nitrogens with one attached hydrogen (secondary N) is 2. The van der Waals surface area contributed by atoms with Crippen LogP contribution in [0.4, 0.5) is 0 Å². The first-order chi connectivity index (χ1) is 10.2. The quantitative estimate of drug-likeness (QED) is 0.857. The molecule has 0 spiro atoms. The molecule has 0 aromatic heterocycles. The molecule has 22 heavy (non-hydrogen) atoms. The fourth-order valence-electron chi connectivity index (χ4n) is 3.23. The van der Waals surface area contributed by atoms with Crippen LogP contribution in [0.15, 0.2) is 24.3 Å². The third kappa shape index (κ3) is 4.37. The van der Waals surface area contributed by atoms with Crippen molar-refractivity contribution in [2.24, 2.45) is 5.92 Å². The molecule has 3 nitrogen and oxygen atoms in total. The number of halogens is 2. The molecule has 1 saturated heterocycles. The van der Waals surface area contributed by atoms with Gasteiger partial charge < -0.3 is 10.6 Å². The molecule has 1 aliphatic carbocycles. The zero-order valence-corrected chi connectivity index (χ0v) is 14.3. The van der Waals surface area contributed by atoms with Gasteiger partial charge in [0.05, 0.1) is 5.54 Å². The van der Waals surface area contributed by atoms with Crippen LogP contribution in [0.25, 0.3) is 0 Å². The fraction of sp³-hybridized carbons (Fsp3) is 0.588. The van der Waals surface area contributed by atoms with E-state index in [2.05, 4.69) is 16.7 Å². The summed E-state index contributed by atoms with van der Waals surface area (Å²) >= 11 is 6.06. The van der Waals surface area contributed by atoms with E-state index in [-0.39, 0.29) is 23.9 Å². The van der Waals surface area contributed by atoms with Crippen molar-refractivity contribution < 1.29 is 4.79 Å². The summed E-state index contributed by atoms with van der Waals surface area (Å²) in [5, 5.41) is 7.34. The van der Waals surface area contributed by atoms with Crippen molar-refractivity contribution in [3.63, 3.8) is 0 Å². The van der Waals surface area contributed by atoms with Gasteiger partial charge in [-0.3, -0.25) is 4.79 Å². The molecule has 1 aromatic rings. The van der Waals surface area contributed by atoms with E-state index >= 15 is 0 Å². The number of carbonyl (C=O) groups is 1. The lowest BCUT2D eigenvalue weighted by molar-refractivity contribution is -0.122. The van der Waals surface area contributed by atoms with Gasteiger partial charge in [-0.2, -0.15) is 0 Å². The Morgan fingerprint density at radius 2 is 2.05 bits per heavy atom. The van der Waals surface area contributed by atoms with Crippen molar-refractivity contribution in [1.82, 2.24) is 10.6 Å². The molecule has 1 heterocycles. The van der Waals surface area contributed by atoms with Crippen molar-refractivity contribution in [3.8, 4) is 0 Å². The Hall–Kier alpha value is -0.770. The number of hydrogen-bond acceptors (Lipinski definition) is 2. The van der Waals surface area contributed by atoms with Gasteiger partial charge in [0, 0.05) is 11.4 Å². The molecule has 0 bridgehead atoms.